The number of rotatable bonds is 5. The highest BCUT2D eigenvalue weighted by atomic mass is 19.1. The Morgan fingerprint density at radius 1 is 1.04 bits per heavy atom. The van der Waals surface area contributed by atoms with Gasteiger partial charge in [-0.2, -0.15) is 4.39 Å². The molecule has 0 aliphatic carbocycles. The maximum Gasteiger partial charge on any atom is 0.346 e. The van der Waals surface area contributed by atoms with Gasteiger partial charge in [0.25, 0.3) is 0 Å². The molecular formula is C18H24FNO7. The monoisotopic (exact) mass is 385 g/mol. The molecule has 0 saturated carbocycles. The Hall–Kier alpha value is -2.71. The molecule has 1 aromatic rings. The van der Waals surface area contributed by atoms with Gasteiger partial charge in [-0.3, -0.25) is 19.7 Å². The molecule has 0 spiro atoms. The molecule has 0 aliphatic rings. The first kappa shape index (κ1) is 22.3. The molecule has 1 aromatic carbocycles. The number of methoxy groups -OCH3 is 1. The Labute approximate surface area is 156 Å². The molecule has 0 N–H and O–H groups in total. The van der Waals surface area contributed by atoms with Gasteiger partial charge < -0.3 is 14.2 Å². The lowest BCUT2D eigenvalue weighted by atomic mass is 9.97. The summed E-state index contributed by atoms with van der Waals surface area (Å²) in [7, 11) is 1.11. The zero-order chi connectivity index (χ0) is 21.2. The molecule has 0 atom stereocenters. The maximum atomic E-state index is 14.3. The van der Waals surface area contributed by atoms with Gasteiger partial charge in [0, 0.05) is 0 Å². The Balaban J connectivity index is 3.51. The summed E-state index contributed by atoms with van der Waals surface area (Å²) in [5, 5.41) is 11.0. The van der Waals surface area contributed by atoms with E-state index in [0.717, 1.165) is 19.2 Å². The number of carbonyl (C=O) groups is 2. The van der Waals surface area contributed by atoms with E-state index in [4.69, 9.17) is 14.2 Å². The summed E-state index contributed by atoms with van der Waals surface area (Å²) < 4.78 is 29.6. The number of hydrogen-bond acceptors (Lipinski definition) is 7. The minimum absolute atomic E-state index is 0.168. The molecular weight excluding hydrogens is 361 g/mol. The SMILES string of the molecule is COc1cc(C(C(=O)OC(C)(C)C)C(=O)OC(C)(C)C)cc(F)c1[N+](=O)[O-]. The van der Waals surface area contributed by atoms with Crippen molar-refractivity contribution in [1.29, 1.82) is 0 Å². The van der Waals surface area contributed by atoms with Crippen LogP contribution in [-0.4, -0.2) is 35.2 Å². The third kappa shape index (κ3) is 6.19. The Bertz CT molecular complexity index is 719. The van der Waals surface area contributed by atoms with Crippen LogP contribution in [0.5, 0.6) is 5.75 Å². The molecule has 1 rings (SSSR count). The Kier molecular flexibility index (Phi) is 6.53. The normalized spacial score (nSPS) is 11.9. The zero-order valence-electron chi connectivity index (χ0n) is 16.4. The van der Waals surface area contributed by atoms with Crippen LogP contribution in [0.15, 0.2) is 12.1 Å². The first-order valence-corrected chi connectivity index (χ1v) is 8.14. The third-order valence-electron chi connectivity index (χ3n) is 3.07. The van der Waals surface area contributed by atoms with E-state index in [2.05, 4.69) is 0 Å². The van der Waals surface area contributed by atoms with Crippen molar-refractivity contribution in [2.45, 2.75) is 58.7 Å². The van der Waals surface area contributed by atoms with Crippen molar-refractivity contribution in [2.24, 2.45) is 0 Å². The Morgan fingerprint density at radius 3 is 1.81 bits per heavy atom. The van der Waals surface area contributed by atoms with Crippen LogP contribution < -0.4 is 4.74 Å². The van der Waals surface area contributed by atoms with Crippen LogP contribution in [0.2, 0.25) is 0 Å². The van der Waals surface area contributed by atoms with E-state index < -0.39 is 51.2 Å². The maximum absolute atomic E-state index is 14.3. The van der Waals surface area contributed by atoms with Crippen molar-refractivity contribution in [3.05, 3.63) is 33.6 Å². The number of ether oxygens (including phenoxy) is 3. The van der Waals surface area contributed by atoms with Crippen LogP contribution >= 0.6 is 0 Å². The molecule has 0 aliphatic heterocycles. The van der Waals surface area contributed by atoms with Gasteiger partial charge in [-0.1, -0.05) is 0 Å². The number of esters is 2. The van der Waals surface area contributed by atoms with Crippen LogP contribution in [0.3, 0.4) is 0 Å². The van der Waals surface area contributed by atoms with Gasteiger partial charge in [0.2, 0.25) is 5.82 Å². The lowest BCUT2D eigenvalue weighted by molar-refractivity contribution is -0.388. The van der Waals surface area contributed by atoms with E-state index in [9.17, 15) is 24.1 Å². The van der Waals surface area contributed by atoms with E-state index in [0.29, 0.717) is 0 Å². The average Bonchev–Trinajstić information content (AvgIpc) is 2.41. The summed E-state index contributed by atoms with van der Waals surface area (Å²) in [6.07, 6.45) is 0. The first-order chi connectivity index (χ1) is 12.2. The molecule has 9 heteroatoms. The summed E-state index contributed by atoms with van der Waals surface area (Å²) >= 11 is 0. The van der Waals surface area contributed by atoms with Gasteiger partial charge in [0.15, 0.2) is 11.7 Å². The second kappa shape index (κ2) is 7.89. The second-order valence-electron chi connectivity index (χ2n) is 7.81. The van der Waals surface area contributed by atoms with Crippen LogP contribution in [0.4, 0.5) is 10.1 Å². The van der Waals surface area contributed by atoms with E-state index in [-0.39, 0.29) is 5.56 Å². The fourth-order valence-electron chi connectivity index (χ4n) is 2.18. The fraction of sp³-hybridized carbons (Fsp3) is 0.556. The smallest absolute Gasteiger partial charge is 0.346 e. The van der Waals surface area contributed by atoms with Gasteiger partial charge in [0.1, 0.15) is 11.2 Å². The summed E-state index contributed by atoms with van der Waals surface area (Å²) in [5.74, 6) is -5.23. The highest BCUT2D eigenvalue weighted by molar-refractivity contribution is 6.01. The van der Waals surface area contributed by atoms with Crippen molar-refractivity contribution in [2.75, 3.05) is 7.11 Å². The number of nitrogens with zero attached hydrogens (tertiary/aromatic N) is 1. The van der Waals surface area contributed by atoms with Crippen molar-refractivity contribution in [1.82, 2.24) is 0 Å². The van der Waals surface area contributed by atoms with Crippen molar-refractivity contribution in [3.63, 3.8) is 0 Å². The van der Waals surface area contributed by atoms with Crippen LogP contribution in [-0.2, 0) is 19.1 Å². The fourth-order valence-corrected chi connectivity index (χ4v) is 2.18. The minimum atomic E-state index is -1.63. The topological polar surface area (TPSA) is 105 Å². The molecule has 150 valence electrons. The highest BCUT2D eigenvalue weighted by Crippen LogP contribution is 2.35. The highest BCUT2D eigenvalue weighted by Gasteiger charge is 2.38. The number of hydrogen-bond donors (Lipinski definition) is 0. The minimum Gasteiger partial charge on any atom is -0.490 e. The summed E-state index contributed by atoms with van der Waals surface area (Å²) in [5.41, 5.74) is -2.89. The molecule has 27 heavy (non-hydrogen) atoms. The molecule has 0 radical (unpaired) electrons. The summed E-state index contributed by atoms with van der Waals surface area (Å²) in [6.45, 7) is 9.63. The number of nitro groups is 1. The van der Waals surface area contributed by atoms with Crippen molar-refractivity contribution < 1.29 is 33.1 Å². The Morgan fingerprint density at radius 2 is 1.48 bits per heavy atom. The van der Waals surface area contributed by atoms with E-state index >= 15 is 0 Å². The lowest BCUT2D eigenvalue weighted by Gasteiger charge is -2.26. The van der Waals surface area contributed by atoms with Crippen LogP contribution in [0.1, 0.15) is 53.0 Å². The van der Waals surface area contributed by atoms with Gasteiger partial charge in [-0.15, -0.1) is 0 Å². The van der Waals surface area contributed by atoms with Gasteiger partial charge in [0.05, 0.1) is 12.0 Å². The average molecular weight is 385 g/mol. The largest absolute Gasteiger partial charge is 0.490 e. The van der Waals surface area contributed by atoms with Gasteiger partial charge in [-0.25, -0.2) is 0 Å². The molecule has 0 aromatic heterocycles. The molecule has 0 heterocycles. The van der Waals surface area contributed by atoms with Crippen LogP contribution in [0.25, 0.3) is 0 Å². The molecule has 0 amide bonds. The first-order valence-electron chi connectivity index (χ1n) is 8.14. The molecule has 0 fully saturated rings. The summed E-state index contributed by atoms with van der Waals surface area (Å²) in [4.78, 5) is 35.3. The van der Waals surface area contributed by atoms with E-state index in [1.807, 2.05) is 0 Å². The molecule has 0 bridgehead atoms. The number of carbonyl (C=O) groups excluding carboxylic acids is 2. The van der Waals surface area contributed by atoms with Crippen molar-refractivity contribution >= 4 is 17.6 Å². The zero-order valence-corrected chi connectivity index (χ0v) is 16.4. The molecule has 0 unspecified atom stereocenters. The van der Waals surface area contributed by atoms with E-state index in [1.54, 1.807) is 41.5 Å². The van der Waals surface area contributed by atoms with Gasteiger partial charge in [-0.05, 0) is 59.2 Å². The second-order valence-corrected chi connectivity index (χ2v) is 7.81. The number of benzene rings is 1. The van der Waals surface area contributed by atoms with Crippen LogP contribution in [0, 0.1) is 15.9 Å². The molecule has 0 saturated heterocycles. The number of nitro benzene ring substituents is 1. The standard InChI is InChI=1S/C18H24FNO7/c1-17(2,3)26-15(21)13(16(22)27-18(4,5)6)10-8-11(19)14(20(23)24)12(9-10)25-7/h8-9,13H,1-7H3. The quantitative estimate of drug-likeness (QED) is 0.330. The lowest BCUT2D eigenvalue weighted by Crippen LogP contribution is -2.35. The van der Waals surface area contributed by atoms with E-state index in [1.165, 1.54) is 0 Å². The summed E-state index contributed by atoms with van der Waals surface area (Å²) in [6, 6.07) is 1.79. The number of halogens is 1. The third-order valence-corrected chi connectivity index (χ3v) is 3.07. The predicted molar refractivity (Wildman–Crippen MR) is 94.0 cm³/mol. The molecule has 8 nitrogen and oxygen atoms in total. The predicted octanol–water partition coefficient (Wildman–Crippen LogP) is 3.51. The van der Waals surface area contributed by atoms with Crippen molar-refractivity contribution in [3.8, 4) is 5.75 Å². The van der Waals surface area contributed by atoms with Gasteiger partial charge >= 0.3 is 17.6 Å².